The van der Waals surface area contributed by atoms with Gasteiger partial charge in [-0.05, 0) is 42.0 Å². The number of carbonyl (C=O) groups is 1. The third kappa shape index (κ3) is 4.21. The zero-order chi connectivity index (χ0) is 18.7. The molecule has 0 radical (unpaired) electrons. The molecule has 0 amide bonds. The SMILES string of the molecule is O=C(O)c1ccc2c(OC(F)(F)F)cccc2n1.c1cc2cc(c1)OC2. The van der Waals surface area contributed by atoms with Crippen molar-refractivity contribution >= 4 is 16.9 Å². The number of carboxylic acids is 1. The van der Waals surface area contributed by atoms with Gasteiger partial charge in [0, 0.05) is 5.39 Å². The van der Waals surface area contributed by atoms with Crippen LogP contribution in [0.4, 0.5) is 13.2 Å². The number of fused-ring (bicyclic) bond motifs is 3. The lowest BCUT2D eigenvalue weighted by Gasteiger charge is -2.11. The van der Waals surface area contributed by atoms with Gasteiger partial charge in [-0.25, -0.2) is 9.78 Å². The van der Waals surface area contributed by atoms with Crippen molar-refractivity contribution in [3.8, 4) is 11.5 Å². The number of ether oxygens (including phenoxy) is 2. The highest BCUT2D eigenvalue weighted by molar-refractivity contribution is 5.91. The number of aromatic carboxylic acids is 1. The average molecular weight is 363 g/mol. The Morgan fingerprint density at radius 1 is 1.12 bits per heavy atom. The molecule has 1 N–H and O–H groups in total. The van der Waals surface area contributed by atoms with Gasteiger partial charge in [0.2, 0.25) is 0 Å². The summed E-state index contributed by atoms with van der Waals surface area (Å²) >= 11 is 0. The van der Waals surface area contributed by atoms with Gasteiger partial charge in [-0.1, -0.05) is 18.2 Å². The van der Waals surface area contributed by atoms with Crippen molar-refractivity contribution in [3.63, 3.8) is 0 Å². The number of hydrogen-bond donors (Lipinski definition) is 1. The molecule has 0 unspecified atom stereocenters. The topological polar surface area (TPSA) is 68.7 Å². The number of pyridine rings is 1. The van der Waals surface area contributed by atoms with Crippen LogP contribution < -0.4 is 9.47 Å². The summed E-state index contributed by atoms with van der Waals surface area (Å²) in [6, 6.07) is 14.3. The molecule has 26 heavy (non-hydrogen) atoms. The molecule has 5 nitrogen and oxygen atoms in total. The molecular weight excluding hydrogens is 351 g/mol. The van der Waals surface area contributed by atoms with Gasteiger partial charge in [0.1, 0.15) is 23.8 Å². The highest BCUT2D eigenvalue weighted by atomic mass is 19.4. The first kappa shape index (κ1) is 17.5. The van der Waals surface area contributed by atoms with Crippen LogP contribution in [0.5, 0.6) is 11.5 Å². The number of rotatable bonds is 2. The Hall–Kier alpha value is -3.29. The number of hydrogen-bond acceptors (Lipinski definition) is 4. The van der Waals surface area contributed by atoms with Gasteiger partial charge in [0.25, 0.3) is 0 Å². The average Bonchev–Trinajstić information content (AvgIpc) is 2.91. The van der Waals surface area contributed by atoms with Gasteiger partial charge >= 0.3 is 12.3 Å². The molecule has 0 spiro atoms. The number of benzene rings is 2. The van der Waals surface area contributed by atoms with Crippen LogP contribution in [0.1, 0.15) is 16.1 Å². The number of carboxylic acid groups (broad SMARTS) is 1. The molecule has 0 atom stereocenters. The molecule has 0 fully saturated rings. The van der Waals surface area contributed by atoms with Crippen LogP contribution in [-0.2, 0) is 6.61 Å². The van der Waals surface area contributed by atoms with E-state index in [4.69, 9.17) is 9.84 Å². The molecule has 2 bridgehead atoms. The first-order valence-electron chi connectivity index (χ1n) is 7.42. The molecule has 1 aliphatic heterocycles. The van der Waals surface area contributed by atoms with Crippen LogP contribution in [-0.4, -0.2) is 22.4 Å². The van der Waals surface area contributed by atoms with Crippen molar-refractivity contribution < 1.29 is 32.5 Å². The molecule has 134 valence electrons. The molecule has 2 aromatic carbocycles. The van der Waals surface area contributed by atoms with E-state index in [1.807, 2.05) is 12.1 Å². The van der Waals surface area contributed by atoms with Gasteiger partial charge in [-0.3, -0.25) is 0 Å². The summed E-state index contributed by atoms with van der Waals surface area (Å²) in [6.45, 7) is 0.766. The smallest absolute Gasteiger partial charge is 0.489 e. The maximum Gasteiger partial charge on any atom is 0.573 e. The van der Waals surface area contributed by atoms with Crippen molar-refractivity contribution in [2.45, 2.75) is 13.0 Å². The third-order valence-corrected chi connectivity index (χ3v) is 3.44. The number of halogens is 3. The van der Waals surface area contributed by atoms with Crippen LogP contribution in [0.2, 0.25) is 0 Å². The van der Waals surface area contributed by atoms with E-state index in [0.717, 1.165) is 24.5 Å². The van der Waals surface area contributed by atoms with Crippen molar-refractivity contribution in [1.82, 2.24) is 4.98 Å². The number of nitrogens with zero attached hydrogens (tertiary/aromatic N) is 1. The summed E-state index contributed by atoms with van der Waals surface area (Å²) < 4.78 is 45.4. The van der Waals surface area contributed by atoms with Crippen molar-refractivity contribution in [3.05, 3.63) is 65.9 Å². The van der Waals surface area contributed by atoms with Gasteiger partial charge in [0.15, 0.2) is 0 Å². The summed E-state index contributed by atoms with van der Waals surface area (Å²) in [6.07, 6.45) is -4.81. The number of aromatic nitrogens is 1. The fourth-order valence-electron chi connectivity index (χ4n) is 2.35. The number of alkyl halides is 3. The highest BCUT2D eigenvalue weighted by Gasteiger charge is 2.31. The molecule has 0 saturated heterocycles. The van der Waals surface area contributed by atoms with E-state index < -0.39 is 18.1 Å². The first-order valence-corrected chi connectivity index (χ1v) is 7.42. The van der Waals surface area contributed by atoms with Crippen LogP contribution in [0.25, 0.3) is 10.9 Å². The van der Waals surface area contributed by atoms with Crippen molar-refractivity contribution in [2.75, 3.05) is 0 Å². The minimum Gasteiger partial charge on any atom is -0.489 e. The van der Waals surface area contributed by atoms with E-state index >= 15 is 0 Å². The van der Waals surface area contributed by atoms with Crippen molar-refractivity contribution in [2.24, 2.45) is 0 Å². The van der Waals surface area contributed by atoms with Gasteiger partial charge in [-0.2, -0.15) is 0 Å². The van der Waals surface area contributed by atoms with Crippen molar-refractivity contribution in [1.29, 1.82) is 0 Å². The molecular formula is C18H12F3NO4. The summed E-state index contributed by atoms with van der Waals surface area (Å²) in [5, 5.41) is 8.82. The molecule has 3 aromatic rings. The molecule has 4 rings (SSSR count). The van der Waals surface area contributed by atoms with E-state index in [1.165, 1.54) is 23.8 Å². The van der Waals surface area contributed by atoms with E-state index in [-0.39, 0.29) is 16.6 Å². The molecule has 8 heteroatoms. The minimum absolute atomic E-state index is 0.0971. The van der Waals surface area contributed by atoms with E-state index in [9.17, 15) is 18.0 Å². The van der Waals surface area contributed by atoms with Crippen LogP contribution >= 0.6 is 0 Å². The Labute approximate surface area is 145 Å². The normalized spacial score (nSPS) is 12.1. The Balaban J connectivity index is 0.000000201. The lowest BCUT2D eigenvalue weighted by molar-refractivity contribution is -0.274. The molecule has 0 saturated carbocycles. The van der Waals surface area contributed by atoms with Gasteiger partial charge in [0.05, 0.1) is 5.52 Å². The monoisotopic (exact) mass is 363 g/mol. The molecule has 1 aliphatic rings. The quantitative estimate of drug-likeness (QED) is 0.730. The second-order valence-corrected chi connectivity index (χ2v) is 5.31. The van der Waals surface area contributed by atoms with E-state index in [1.54, 1.807) is 0 Å². The summed E-state index contributed by atoms with van der Waals surface area (Å²) in [7, 11) is 0. The zero-order valence-electron chi connectivity index (χ0n) is 13.2. The maximum atomic E-state index is 12.1. The lowest BCUT2D eigenvalue weighted by Crippen LogP contribution is -2.17. The summed E-state index contributed by atoms with van der Waals surface area (Å²) in [5.41, 5.74) is 1.16. The molecule has 0 aliphatic carbocycles. The Morgan fingerprint density at radius 3 is 2.54 bits per heavy atom. The Morgan fingerprint density at radius 2 is 1.88 bits per heavy atom. The van der Waals surface area contributed by atoms with Gasteiger partial charge in [-0.15, -0.1) is 13.2 Å². The predicted octanol–water partition coefficient (Wildman–Crippen LogP) is 4.41. The lowest BCUT2D eigenvalue weighted by atomic mass is 10.2. The van der Waals surface area contributed by atoms with E-state index in [0.29, 0.717) is 0 Å². The van der Waals surface area contributed by atoms with Crippen LogP contribution in [0.3, 0.4) is 0 Å². The highest BCUT2D eigenvalue weighted by Crippen LogP contribution is 2.29. The second kappa shape index (κ2) is 6.91. The summed E-state index contributed by atoms with van der Waals surface area (Å²) in [5.74, 6) is -0.661. The Bertz CT molecular complexity index is 937. The van der Waals surface area contributed by atoms with Crippen LogP contribution in [0.15, 0.2) is 54.6 Å². The summed E-state index contributed by atoms with van der Waals surface area (Å²) in [4.78, 5) is 14.4. The molecule has 1 aromatic heterocycles. The first-order chi connectivity index (χ1) is 12.3. The van der Waals surface area contributed by atoms with Crippen LogP contribution in [0, 0.1) is 0 Å². The minimum atomic E-state index is -4.81. The largest absolute Gasteiger partial charge is 0.573 e. The zero-order valence-corrected chi connectivity index (χ0v) is 13.2. The fraction of sp³-hybridized carbons (Fsp3) is 0.111. The van der Waals surface area contributed by atoms with E-state index in [2.05, 4.69) is 21.9 Å². The Kier molecular flexibility index (Phi) is 4.66. The fourth-order valence-corrected chi connectivity index (χ4v) is 2.35. The van der Waals surface area contributed by atoms with Gasteiger partial charge < -0.3 is 14.6 Å². The predicted molar refractivity (Wildman–Crippen MR) is 86.2 cm³/mol. The standard InChI is InChI=1S/C11H6F3NO3.C7H6O/c12-11(13,14)18-9-3-1-2-7-6(9)4-5-8(15-7)10(16)17;1-2-6-4-7(3-1)8-5-6/h1-5H,(H,16,17);1-4H,5H2. The third-order valence-electron chi connectivity index (χ3n) is 3.44. The molecule has 2 heterocycles. The maximum absolute atomic E-state index is 12.1. The second-order valence-electron chi connectivity index (χ2n) is 5.31.